The second-order valence-corrected chi connectivity index (χ2v) is 11.7. The number of Topliss-reactive ketones (excluding diaryl/α,β-unsaturated/α-hetero) is 1. The summed E-state index contributed by atoms with van der Waals surface area (Å²) in [5.74, 6) is 1.49. The molecule has 0 bridgehead atoms. The lowest BCUT2D eigenvalue weighted by molar-refractivity contribution is -0.119. The van der Waals surface area contributed by atoms with E-state index in [9.17, 15) is 9.90 Å². The van der Waals surface area contributed by atoms with E-state index in [1.165, 1.54) is 4.88 Å². The van der Waals surface area contributed by atoms with Gasteiger partial charge >= 0.3 is 0 Å². The Kier molecular flexibility index (Phi) is 7.89. The summed E-state index contributed by atoms with van der Waals surface area (Å²) in [6.07, 6.45) is 1.03. The van der Waals surface area contributed by atoms with Crippen molar-refractivity contribution < 1.29 is 9.90 Å². The normalized spacial score (nSPS) is 15.9. The van der Waals surface area contributed by atoms with Crippen molar-refractivity contribution in [2.45, 2.75) is 46.1 Å². The number of aliphatic hydroxyl groups is 1. The van der Waals surface area contributed by atoms with E-state index in [1.807, 2.05) is 35.8 Å². The van der Waals surface area contributed by atoms with Gasteiger partial charge in [0.1, 0.15) is 22.7 Å². The van der Waals surface area contributed by atoms with Crippen molar-refractivity contribution in [2.24, 2.45) is 4.99 Å². The second kappa shape index (κ2) is 10.5. The molecular weight excluding hydrogens is 604 g/mol. The maximum Gasteiger partial charge on any atom is 0.163 e. The van der Waals surface area contributed by atoms with E-state index in [1.54, 1.807) is 11.3 Å². The lowest BCUT2D eigenvalue weighted by Crippen LogP contribution is -2.11. The fraction of sp³-hybridized carbons (Fsp3) is 0.333. The van der Waals surface area contributed by atoms with Crippen LogP contribution in [-0.4, -0.2) is 38.0 Å². The third kappa shape index (κ3) is 4.99. The zero-order valence-corrected chi connectivity index (χ0v) is 23.6. The molecule has 2 aromatic heterocycles. The van der Waals surface area contributed by atoms with Crippen LogP contribution < -0.4 is 0 Å². The van der Waals surface area contributed by atoms with Gasteiger partial charge in [-0.25, -0.2) is 0 Å². The van der Waals surface area contributed by atoms with Gasteiger partial charge in [0.15, 0.2) is 5.82 Å². The van der Waals surface area contributed by atoms with Gasteiger partial charge < -0.3 is 5.11 Å². The number of fused-ring (bicyclic) bond motifs is 3. The Bertz CT molecular complexity index is 1310. The number of ketones is 1. The standard InChI is InChI=1S/C24H23Br2ClN4O2S/c1-12-13(2)34-24-21(12)22(15-4-6-16(27)7-5-15)28-20(23-30-29-14(3)31(23)24)10-17(33)8-9-18(25)19(26)11-32/h4-7,20,32H,8-11H2,1-3H3/b19-18+/t20-/m0/s1. The molecule has 3 aromatic rings. The van der Waals surface area contributed by atoms with E-state index in [0.29, 0.717) is 28.2 Å². The third-order valence-corrected chi connectivity index (χ3v) is 9.42. The highest BCUT2D eigenvalue weighted by molar-refractivity contribution is 9.14. The molecule has 1 N–H and O–H groups in total. The predicted molar refractivity (Wildman–Crippen MR) is 144 cm³/mol. The number of halogens is 3. The van der Waals surface area contributed by atoms with Gasteiger partial charge in [0.2, 0.25) is 0 Å². The van der Waals surface area contributed by atoms with Gasteiger partial charge in [-0.1, -0.05) is 55.6 Å². The maximum atomic E-state index is 13.0. The molecule has 1 aliphatic heterocycles. The van der Waals surface area contributed by atoms with Gasteiger partial charge in [0.25, 0.3) is 0 Å². The molecule has 10 heteroatoms. The summed E-state index contributed by atoms with van der Waals surface area (Å²) in [6, 6.07) is 7.16. The minimum atomic E-state index is -0.470. The van der Waals surface area contributed by atoms with E-state index in [2.05, 4.69) is 55.9 Å². The van der Waals surface area contributed by atoms with Crippen LogP contribution >= 0.6 is 54.8 Å². The number of aliphatic hydroxyl groups excluding tert-OH is 1. The molecule has 0 spiro atoms. The van der Waals surface area contributed by atoms with Crippen molar-refractivity contribution in [3.63, 3.8) is 0 Å². The first-order chi connectivity index (χ1) is 16.2. The highest BCUT2D eigenvalue weighted by atomic mass is 79.9. The van der Waals surface area contributed by atoms with E-state index in [-0.39, 0.29) is 18.8 Å². The molecule has 3 heterocycles. The number of hydrogen-bond acceptors (Lipinski definition) is 6. The average molecular weight is 627 g/mol. The zero-order chi connectivity index (χ0) is 24.6. The Morgan fingerprint density at radius 3 is 2.50 bits per heavy atom. The number of benzene rings is 1. The SMILES string of the molecule is Cc1sc2c(c1C)C(c1ccc(Cl)cc1)=N[C@@H](CC(=O)CC/C(Br)=C(\Br)CO)c1nnc(C)n1-2. The Morgan fingerprint density at radius 2 is 1.82 bits per heavy atom. The number of hydrogen-bond donors (Lipinski definition) is 1. The molecule has 0 saturated heterocycles. The maximum absolute atomic E-state index is 13.0. The molecule has 0 amide bonds. The number of aryl methyl sites for hydroxylation is 2. The molecule has 1 aliphatic rings. The quantitative estimate of drug-likeness (QED) is 0.323. The molecule has 0 unspecified atom stereocenters. The largest absolute Gasteiger partial charge is 0.391 e. The predicted octanol–water partition coefficient (Wildman–Crippen LogP) is 6.53. The number of rotatable bonds is 7. The lowest BCUT2D eigenvalue weighted by atomic mass is 9.99. The highest BCUT2D eigenvalue weighted by Gasteiger charge is 2.32. The number of aliphatic imine (C=N–C) groups is 1. The van der Waals surface area contributed by atoms with Gasteiger partial charge in [-0.3, -0.25) is 14.4 Å². The first-order valence-electron chi connectivity index (χ1n) is 10.7. The number of nitrogens with zero attached hydrogens (tertiary/aromatic N) is 4. The number of aromatic nitrogens is 3. The van der Waals surface area contributed by atoms with E-state index >= 15 is 0 Å². The fourth-order valence-corrected chi connectivity index (χ4v) is 5.78. The van der Waals surface area contributed by atoms with E-state index < -0.39 is 6.04 Å². The molecule has 1 atom stereocenters. The van der Waals surface area contributed by atoms with Crippen LogP contribution in [0.5, 0.6) is 0 Å². The lowest BCUT2D eigenvalue weighted by Gasteiger charge is -2.12. The number of carbonyl (C=O) groups is 1. The average Bonchev–Trinajstić information content (AvgIpc) is 3.29. The monoisotopic (exact) mass is 624 g/mol. The van der Waals surface area contributed by atoms with Crippen molar-refractivity contribution in [1.29, 1.82) is 0 Å². The van der Waals surface area contributed by atoms with Crippen LogP contribution in [0.1, 0.15) is 58.5 Å². The van der Waals surface area contributed by atoms with Crippen LogP contribution in [-0.2, 0) is 4.79 Å². The summed E-state index contributed by atoms with van der Waals surface area (Å²) in [5.41, 5.74) is 3.97. The van der Waals surface area contributed by atoms with Gasteiger partial charge in [-0.2, -0.15) is 0 Å². The molecule has 0 saturated carbocycles. The molecule has 6 nitrogen and oxygen atoms in total. The van der Waals surface area contributed by atoms with Gasteiger partial charge in [-0.15, -0.1) is 21.5 Å². The van der Waals surface area contributed by atoms with Crippen molar-refractivity contribution in [3.8, 4) is 5.00 Å². The van der Waals surface area contributed by atoms with Gasteiger partial charge in [0, 0.05) is 42.8 Å². The Labute approximate surface area is 224 Å². The van der Waals surface area contributed by atoms with Crippen LogP contribution in [0, 0.1) is 20.8 Å². The second-order valence-electron chi connectivity index (χ2n) is 8.12. The summed E-state index contributed by atoms with van der Waals surface area (Å²) in [7, 11) is 0. The van der Waals surface area contributed by atoms with Crippen LogP contribution in [0.3, 0.4) is 0 Å². The molecule has 0 aliphatic carbocycles. The summed E-state index contributed by atoms with van der Waals surface area (Å²) in [4.78, 5) is 19.3. The third-order valence-electron chi connectivity index (χ3n) is 5.83. The Balaban J connectivity index is 1.78. The molecule has 0 radical (unpaired) electrons. The summed E-state index contributed by atoms with van der Waals surface area (Å²) in [6.45, 7) is 6.01. The van der Waals surface area contributed by atoms with E-state index in [4.69, 9.17) is 16.6 Å². The smallest absolute Gasteiger partial charge is 0.163 e. The zero-order valence-electron chi connectivity index (χ0n) is 18.9. The molecule has 0 fully saturated rings. The van der Waals surface area contributed by atoms with Crippen LogP contribution in [0.15, 0.2) is 38.2 Å². The minimum Gasteiger partial charge on any atom is -0.391 e. The number of thiophene rings is 1. The minimum absolute atomic E-state index is 0.0600. The Morgan fingerprint density at radius 1 is 1.12 bits per heavy atom. The summed E-state index contributed by atoms with van der Waals surface area (Å²) >= 11 is 14.6. The molecule has 34 heavy (non-hydrogen) atoms. The van der Waals surface area contributed by atoms with Crippen molar-refractivity contribution >= 4 is 66.3 Å². The highest BCUT2D eigenvalue weighted by Crippen LogP contribution is 2.39. The van der Waals surface area contributed by atoms with Crippen LogP contribution in [0.25, 0.3) is 5.00 Å². The summed E-state index contributed by atoms with van der Waals surface area (Å²) < 4.78 is 3.47. The van der Waals surface area contributed by atoms with Crippen molar-refractivity contribution in [1.82, 2.24) is 14.8 Å². The fourth-order valence-electron chi connectivity index (χ4n) is 3.92. The van der Waals surface area contributed by atoms with Gasteiger partial charge in [-0.05, 0) is 44.9 Å². The van der Waals surface area contributed by atoms with E-state index in [0.717, 1.165) is 37.7 Å². The topological polar surface area (TPSA) is 80.4 Å². The van der Waals surface area contributed by atoms with Crippen molar-refractivity contribution in [3.05, 3.63) is 71.5 Å². The summed E-state index contributed by atoms with van der Waals surface area (Å²) in [5, 5.41) is 19.7. The molecule has 178 valence electrons. The Hall–Kier alpha value is -1.65. The van der Waals surface area contributed by atoms with Gasteiger partial charge in [0.05, 0.1) is 12.3 Å². The van der Waals surface area contributed by atoms with Crippen molar-refractivity contribution in [2.75, 3.05) is 6.61 Å². The van der Waals surface area contributed by atoms with Crippen LogP contribution in [0.2, 0.25) is 5.02 Å². The molecular formula is C24H23Br2ClN4O2S. The molecule has 4 rings (SSSR count). The number of carbonyl (C=O) groups excluding carboxylic acids is 1. The number of allylic oxidation sites excluding steroid dienone is 1. The molecule has 1 aromatic carbocycles. The first-order valence-corrected chi connectivity index (χ1v) is 13.5. The first kappa shape index (κ1) is 25.4. The van der Waals surface area contributed by atoms with Crippen LogP contribution in [0.4, 0.5) is 0 Å².